The van der Waals surface area contributed by atoms with Crippen LogP contribution in [0.5, 0.6) is 11.5 Å². The van der Waals surface area contributed by atoms with Crippen LogP contribution >= 0.6 is 0 Å². The Morgan fingerprint density at radius 2 is 2.06 bits per heavy atom. The van der Waals surface area contributed by atoms with E-state index in [9.17, 15) is 10.2 Å². The molecule has 3 nitrogen and oxygen atoms in total. The highest BCUT2D eigenvalue weighted by Crippen LogP contribution is 2.32. The summed E-state index contributed by atoms with van der Waals surface area (Å²) in [6.45, 7) is 0. The van der Waals surface area contributed by atoms with Crippen LogP contribution in [-0.4, -0.2) is 22.4 Å². The number of aromatic hydroxyl groups is 1. The number of ether oxygens (including phenoxy) is 1. The summed E-state index contributed by atoms with van der Waals surface area (Å²) in [6.07, 6.45) is 9.68. The van der Waals surface area contributed by atoms with Crippen LogP contribution in [0, 0.1) is 0 Å². The Morgan fingerprint density at radius 1 is 1.17 bits per heavy atom. The maximum atomic E-state index is 9.45. The van der Waals surface area contributed by atoms with E-state index in [1.807, 2.05) is 30.4 Å². The zero-order valence-corrected chi connectivity index (χ0v) is 9.78. The molecule has 1 heterocycles. The lowest BCUT2D eigenvalue weighted by Crippen LogP contribution is -2.20. The summed E-state index contributed by atoms with van der Waals surface area (Å²) < 4.78 is 5.84. The van der Waals surface area contributed by atoms with Gasteiger partial charge in [-0.15, -0.1) is 0 Å². The van der Waals surface area contributed by atoms with Crippen LogP contribution in [0.15, 0.2) is 48.1 Å². The van der Waals surface area contributed by atoms with Crippen LogP contribution in [0.3, 0.4) is 0 Å². The summed E-state index contributed by atoms with van der Waals surface area (Å²) in [6, 6.07) is 5.09. The number of aliphatic hydroxyl groups excluding tert-OH is 1. The molecule has 3 heteroatoms. The smallest absolute Gasteiger partial charge is 0.142 e. The quantitative estimate of drug-likeness (QED) is 0.795. The van der Waals surface area contributed by atoms with Crippen molar-refractivity contribution < 1.29 is 14.9 Å². The Balaban J connectivity index is 1.85. The van der Waals surface area contributed by atoms with Crippen molar-refractivity contribution in [2.75, 3.05) is 0 Å². The Hall–Kier alpha value is -2.00. The lowest BCUT2D eigenvalue weighted by Gasteiger charge is -2.24. The second kappa shape index (κ2) is 4.35. The molecule has 92 valence electrons. The maximum Gasteiger partial charge on any atom is 0.142 e. The fraction of sp³-hybridized carbons (Fsp3) is 0.200. The Kier molecular flexibility index (Phi) is 2.68. The van der Waals surface area contributed by atoms with Gasteiger partial charge in [0.1, 0.15) is 17.6 Å². The molecule has 1 aliphatic heterocycles. The van der Waals surface area contributed by atoms with Crippen LogP contribution in [-0.2, 0) is 0 Å². The van der Waals surface area contributed by atoms with Gasteiger partial charge in [-0.3, -0.25) is 0 Å². The molecule has 0 saturated carbocycles. The molecule has 2 aliphatic rings. The molecule has 3 rings (SSSR count). The standard InChI is InChI=1S/C15H14O3/c16-12-5-1-10(2-6-12)14-8-4-11-3-7-13(17)9-15(11)18-14/h1-5,7-9,12,14,16-17H,6H2/t12?,14-/m1/s1. The third kappa shape index (κ3) is 2.05. The molecule has 2 N–H and O–H groups in total. The fourth-order valence-electron chi connectivity index (χ4n) is 2.15. The summed E-state index contributed by atoms with van der Waals surface area (Å²) >= 11 is 0. The van der Waals surface area contributed by atoms with Crippen LogP contribution in [0.25, 0.3) is 6.08 Å². The molecule has 1 aromatic carbocycles. The highest BCUT2D eigenvalue weighted by atomic mass is 16.5. The number of phenols is 1. The van der Waals surface area contributed by atoms with Crippen molar-refractivity contribution >= 4 is 6.08 Å². The zero-order valence-electron chi connectivity index (χ0n) is 9.78. The largest absolute Gasteiger partial charge is 0.508 e. The van der Waals surface area contributed by atoms with Crippen LogP contribution in [0.1, 0.15) is 12.0 Å². The lowest BCUT2D eigenvalue weighted by molar-refractivity contribution is 0.222. The normalized spacial score (nSPS) is 25.3. The van der Waals surface area contributed by atoms with E-state index in [0.29, 0.717) is 12.2 Å². The van der Waals surface area contributed by atoms with E-state index < -0.39 is 6.10 Å². The predicted octanol–water partition coefficient (Wildman–Crippen LogP) is 2.41. The third-order valence-corrected chi connectivity index (χ3v) is 3.14. The van der Waals surface area contributed by atoms with E-state index in [1.54, 1.807) is 18.2 Å². The first-order valence-corrected chi connectivity index (χ1v) is 5.96. The molecule has 0 fully saturated rings. The van der Waals surface area contributed by atoms with Crippen molar-refractivity contribution in [2.24, 2.45) is 0 Å². The molecular formula is C15H14O3. The number of hydrogen-bond acceptors (Lipinski definition) is 3. The fourth-order valence-corrected chi connectivity index (χ4v) is 2.15. The number of fused-ring (bicyclic) bond motifs is 1. The molecule has 1 unspecified atom stereocenters. The van der Waals surface area contributed by atoms with Crippen LogP contribution in [0.2, 0.25) is 0 Å². The van der Waals surface area contributed by atoms with Gasteiger partial charge in [0.05, 0.1) is 6.10 Å². The minimum atomic E-state index is -0.391. The maximum absolute atomic E-state index is 9.45. The van der Waals surface area contributed by atoms with Crippen molar-refractivity contribution in [3.63, 3.8) is 0 Å². The minimum Gasteiger partial charge on any atom is -0.508 e. The van der Waals surface area contributed by atoms with Crippen molar-refractivity contribution in [2.45, 2.75) is 18.6 Å². The zero-order chi connectivity index (χ0) is 12.5. The SMILES string of the molecule is Oc1ccc2c(c1)O[C@@H](C1=CCC(O)C=C1)C=C2. The second-order valence-electron chi connectivity index (χ2n) is 4.49. The Morgan fingerprint density at radius 3 is 2.83 bits per heavy atom. The highest BCUT2D eigenvalue weighted by Gasteiger charge is 2.19. The van der Waals surface area contributed by atoms with Gasteiger partial charge in [-0.2, -0.15) is 0 Å². The van der Waals surface area contributed by atoms with Gasteiger partial charge >= 0.3 is 0 Å². The average Bonchev–Trinajstić information content (AvgIpc) is 2.38. The number of rotatable bonds is 1. The first-order chi connectivity index (χ1) is 8.72. The molecule has 0 saturated heterocycles. The van der Waals surface area contributed by atoms with Crippen molar-refractivity contribution in [1.82, 2.24) is 0 Å². The molecule has 0 bridgehead atoms. The Labute approximate surface area is 105 Å². The molecule has 2 atom stereocenters. The molecule has 0 radical (unpaired) electrons. The molecule has 0 spiro atoms. The van der Waals surface area contributed by atoms with Crippen LogP contribution in [0.4, 0.5) is 0 Å². The van der Waals surface area contributed by atoms with Crippen molar-refractivity contribution in [1.29, 1.82) is 0 Å². The number of benzene rings is 1. The van der Waals surface area contributed by atoms with Gasteiger partial charge in [0.15, 0.2) is 0 Å². The van der Waals surface area contributed by atoms with E-state index in [2.05, 4.69) is 0 Å². The van der Waals surface area contributed by atoms with Gasteiger partial charge in [-0.05, 0) is 30.2 Å². The monoisotopic (exact) mass is 242 g/mol. The van der Waals surface area contributed by atoms with E-state index >= 15 is 0 Å². The summed E-state index contributed by atoms with van der Waals surface area (Å²) in [5, 5.41) is 18.9. The van der Waals surface area contributed by atoms with Gasteiger partial charge in [-0.25, -0.2) is 0 Å². The summed E-state index contributed by atoms with van der Waals surface area (Å²) in [7, 11) is 0. The summed E-state index contributed by atoms with van der Waals surface area (Å²) in [5.74, 6) is 0.884. The van der Waals surface area contributed by atoms with Gasteiger partial charge < -0.3 is 14.9 Å². The van der Waals surface area contributed by atoms with Crippen molar-refractivity contribution in [3.05, 3.63) is 53.6 Å². The minimum absolute atomic E-state index is 0.150. The number of phenolic OH excluding ortho intramolecular Hbond substituents is 1. The van der Waals surface area contributed by atoms with E-state index in [4.69, 9.17) is 4.74 Å². The lowest BCUT2D eigenvalue weighted by atomic mass is 9.98. The van der Waals surface area contributed by atoms with Crippen molar-refractivity contribution in [3.8, 4) is 11.5 Å². The van der Waals surface area contributed by atoms with Crippen LogP contribution < -0.4 is 4.74 Å². The van der Waals surface area contributed by atoms with Gasteiger partial charge in [-0.1, -0.05) is 24.3 Å². The predicted molar refractivity (Wildman–Crippen MR) is 69.4 cm³/mol. The topological polar surface area (TPSA) is 49.7 Å². The summed E-state index contributed by atoms with van der Waals surface area (Å²) in [4.78, 5) is 0. The first kappa shape index (κ1) is 11.1. The van der Waals surface area contributed by atoms with Gasteiger partial charge in [0, 0.05) is 11.6 Å². The molecule has 1 aliphatic carbocycles. The van der Waals surface area contributed by atoms with E-state index in [-0.39, 0.29) is 11.9 Å². The molecule has 0 amide bonds. The third-order valence-electron chi connectivity index (χ3n) is 3.14. The molecule has 0 aromatic heterocycles. The van der Waals surface area contributed by atoms with Gasteiger partial charge in [0.2, 0.25) is 0 Å². The van der Waals surface area contributed by atoms with E-state index in [0.717, 1.165) is 11.1 Å². The Bertz CT molecular complexity index is 555. The highest BCUT2D eigenvalue weighted by molar-refractivity contribution is 5.62. The van der Waals surface area contributed by atoms with Gasteiger partial charge in [0.25, 0.3) is 0 Å². The second-order valence-corrected chi connectivity index (χ2v) is 4.49. The average molecular weight is 242 g/mol. The van der Waals surface area contributed by atoms with E-state index in [1.165, 1.54) is 0 Å². The first-order valence-electron chi connectivity index (χ1n) is 5.96. The molecular weight excluding hydrogens is 228 g/mol. The number of hydrogen-bond donors (Lipinski definition) is 2. The molecule has 18 heavy (non-hydrogen) atoms. The number of aliphatic hydroxyl groups is 1. The molecule has 1 aromatic rings. The summed E-state index contributed by atoms with van der Waals surface area (Å²) in [5.41, 5.74) is 2.00.